The van der Waals surface area contributed by atoms with Crippen LogP contribution in [0.25, 0.3) is 0 Å². The van der Waals surface area contributed by atoms with Crippen molar-refractivity contribution in [1.29, 1.82) is 0 Å². The number of halogens is 1. The molecule has 6 nitrogen and oxygen atoms in total. The molecule has 0 aromatic heterocycles. The van der Waals surface area contributed by atoms with E-state index in [-0.39, 0.29) is 6.03 Å². The van der Waals surface area contributed by atoms with Crippen molar-refractivity contribution in [1.82, 2.24) is 10.6 Å². The number of allylic oxidation sites excluding steroid dienone is 1. The third-order valence-electron chi connectivity index (χ3n) is 3.43. The molecule has 1 aromatic carbocycles. The summed E-state index contributed by atoms with van der Waals surface area (Å²) in [5.41, 5.74) is 1.52. The number of rotatable bonds is 5. The normalized spacial score (nSPS) is 17.4. The minimum atomic E-state index is -0.638. The molecule has 1 unspecified atom stereocenters. The van der Waals surface area contributed by atoms with Crippen LogP contribution < -0.4 is 15.4 Å². The van der Waals surface area contributed by atoms with Crippen LogP contribution in [0.5, 0.6) is 5.75 Å². The maximum atomic E-state index is 12.4. The van der Waals surface area contributed by atoms with Gasteiger partial charge in [-0.1, -0.05) is 22.9 Å². The number of urea groups is 1. The van der Waals surface area contributed by atoms with Crippen LogP contribution in [0.1, 0.15) is 31.9 Å². The summed E-state index contributed by atoms with van der Waals surface area (Å²) in [6.45, 7) is 3.93. The second kappa shape index (κ2) is 7.50. The Labute approximate surface area is 143 Å². The Hall–Kier alpha value is -2.02. The first-order chi connectivity index (χ1) is 11.0. The lowest BCUT2D eigenvalue weighted by Crippen LogP contribution is -2.45. The van der Waals surface area contributed by atoms with E-state index >= 15 is 0 Å². The van der Waals surface area contributed by atoms with Gasteiger partial charge in [0.15, 0.2) is 0 Å². The predicted octanol–water partition coefficient (Wildman–Crippen LogP) is 3.04. The molecule has 2 N–H and O–H groups in total. The Bertz CT molecular complexity index is 657. The summed E-state index contributed by atoms with van der Waals surface area (Å²) in [5.74, 6) is 0.123. The van der Waals surface area contributed by atoms with Crippen LogP contribution in [0, 0.1) is 0 Å². The fourth-order valence-electron chi connectivity index (χ4n) is 2.40. The second-order valence-electron chi connectivity index (χ2n) is 5.09. The highest BCUT2D eigenvalue weighted by atomic mass is 79.9. The molecule has 23 heavy (non-hydrogen) atoms. The Kier molecular flexibility index (Phi) is 5.65. The van der Waals surface area contributed by atoms with Crippen LogP contribution in [0.4, 0.5) is 4.79 Å². The van der Waals surface area contributed by atoms with E-state index in [0.29, 0.717) is 29.2 Å². The van der Waals surface area contributed by atoms with E-state index in [4.69, 9.17) is 9.47 Å². The molecule has 0 aliphatic carbocycles. The molecule has 1 atom stereocenters. The molecule has 0 spiro atoms. The smallest absolute Gasteiger partial charge is 0.338 e. The van der Waals surface area contributed by atoms with Gasteiger partial charge >= 0.3 is 12.0 Å². The summed E-state index contributed by atoms with van der Waals surface area (Å²) < 4.78 is 11.4. The Balaban J connectivity index is 2.49. The predicted molar refractivity (Wildman–Crippen MR) is 89.1 cm³/mol. The number of nitrogens with one attached hydrogen (secondary N) is 2. The lowest BCUT2D eigenvalue weighted by molar-refractivity contribution is -0.139. The quantitative estimate of drug-likeness (QED) is 0.767. The van der Waals surface area contributed by atoms with E-state index in [9.17, 15) is 9.59 Å². The number of methoxy groups -OCH3 is 1. The minimum absolute atomic E-state index is 0.325. The highest BCUT2D eigenvalue weighted by Gasteiger charge is 2.33. The first kappa shape index (κ1) is 17.3. The van der Waals surface area contributed by atoms with Crippen molar-refractivity contribution in [2.75, 3.05) is 13.7 Å². The van der Waals surface area contributed by atoms with Gasteiger partial charge in [-0.05, 0) is 31.5 Å². The molecule has 1 aromatic rings. The SMILES string of the molecule is CCCOC(=O)C1=C(C)NC(=O)NC1c1cc(Br)ccc1OC. The number of carbonyl (C=O) groups excluding carboxylic acids is 2. The van der Waals surface area contributed by atoms with Gasteiger partial charge in [0.05, 0.1) is 25.3 Å². The zero-order chi connectivity index (χ0) is 17.0. The van der Waals surface area contributed by atoms with Crippen LogP contribution >= 0.6 is 15.9 Å². The van der Waals surface area contributed by atoms with Crippen molar-refractivity contribution >= 4 is 27.9 Å². The summed E-state index contributed by atoms with van der Waals surface area (Å²) in [5, 5.41) is 5.38. The molecule has 0 bridgehead atoms. The molecule has 7 heteroatoms. The Morgan fingerprint density at radius 2 is 2.13 bits per heavy atom. The average Bonchev–Trinajstić information content (AvgIpc) is 2.51. The number of benzene rings is 1. The van der Waals surface area contributed by atoms with Crippen LogP contribution in [0.2, 0.25) is 0 Å². The van der Waals surface area contributed by atoms with Crippen LogP contribution in [0.15, 0.2) is 33.9 Å². The molecular weight excluding hydrogens is 364 g/mol. The third-order valence-corrected chi connectivity index (χ3v) is 3.92. The number of amides is 2. The molecule has 2 rings (SSSR count). The van der Waals surface area contributed by atoms with E-state index < -0.39 is 12.0 Å². The maximum Gasteiger partial charge on any atom is 0.338 e. The van der Waals surface area contributed by atoms with Crippen LogP contribution in [-0.4, -0.2) is 25.7 Å². The van der Waals surface area contributed by atoms with Crippen molar-refractivity contribution in [2.24, 2.45) is 0 Å². The number of ether oxygens (including phenoxy) is 2. The molecular formula is C16H19BrN2O4. The molecule has 0 saturated carbocycles. The van der Waals surface area contributed by atoms with Crippen LogP contribution in [-0.2, 0) is 9.53 Å². The summed E-state index contributed by atoms with van der Waals surface area (Å²) in [4.78, 5) is 24.3. The average molecular weight is 383 g/mol. The highest BCUT2D eigenvalue weighted by Crippen LogP contribution is 2.35. The van der Waals surface area contributed by atoms with E-state index in [1.165, 1.54) is 0 Å². The monoisotopic (exact) mass is 382 g/mol. The van der Waals surface area contributed by atoms with Gasteiger partial charge in [0.2, 0.25) is 0 Å². The van der Waals surface area contributed by atoms with E-state index in [1.807, 2.05) is 19.1 Å². The van der Waals surface area contributed by atoms with Crippen molar-refractivity contribution in [2.45, 2.75) is 26.3 Å². The molecule has 1 aliphatic rings. The van der Waals surface area contributed by atoms with Gasteiger partial charge in [-0.15, -0.1) is 0 Å². The summed E-state index contributed by atoms with van der Waals surface area (Å²) >= 11 is 3.41. The zero-order valence-electron chi connectivity index (χ0n) is 13.2. The number of hydrogen-bond donors (Lipinski definition) is 2. The standard InChI is InChI=1S/C16H19BrN2O4/c1-4-7-23-15(20)13-9(2)18-16(21)19-14(13)11-8-10(17)5-6-12(11)22-3/h5-6,8,14H,4,7H2,1-3H3,(H2,18,19,21). The topological polar surface area (TPSA) is 76.7 Å². The van der Waals surface area contributed by atoms with E-state index in [2.05, 4.69) is 26.6 Å². The fourth-order valence-corrected chi connectivity index (χ4v) is 2.78. The van der Waals surface area contributed by atoms with E-state index in [1.54, 1.807) is 20.1 Å². The van der Waals surface area contributed by atoms with Crippen molar-refractivity contribution in [3.63, 3.8) is 0 Å². The lowest BCUT2D eigenvalue weighted by atomic mass is 9.95. The van der Waals surface area contributed by atoms with Crippen molar-refractivity contribution in [3.05, 3.63) is 39.5 Å². The summed E-state index contributed by atoms with van der Waals surface area (Å²) in [6.07, 6.45) is 0.725. The Morgan fingerprint density at radius 1 is 1.39 bits per heavy atom. The lowest BCUT2D eigenvalue weighted by Gasteiger charge is -2.29. The Morgan fingerprint density at radius 3 is 2.78 bits per heavy atom. The third kappa shape index (κ3) is 3.85. The first-order valence-electron chi connectivity index (χ1n) is 7.26. The molecule has 124 valence electrons. The number of esters is 1. The second-order valence-corrected chi connectivity index (χ2v) is 6.01. The van der Waals surface area contributed by atoms with Gasteiger partial charge < -0.3 is 20.1 Å². The minimum Gasteiger partial charge on any atom is -0.496 e. The molecule has 0 saturated heterocycles. The molecule has 0 radical (unpaired) electrons. The molecule has 1 heterocycles. The summed E-state index contributed by atoms with van der Waals surface area (Å²) in [6, 6.07) is 4.41. The number of carbonyl (C=O) groups is 2. The van der Waals surface area contributed by atoms with Crippen LogP contribution in [0.3, 0.4) is 0 Å². The van der Waals surface area contributed by atoms with Crippen molar-refractivity contribution in [3.8, 4) is 5.75 Å². The number of hydrogen-bond acceptors (Lipinski definition) is 4. The largest absolute Gasteiger partial charge is 0.496 e. The van der Waals surface area contributed by atoms with Gasteiger partial charge in [0.25, 0.3) is 0 Å². The van der Waals surface area contributed by atoms with Gasteiger partial charge in [-0.25, -0.2) is 9.59 Å². The van der Waals surface area contributed by atoms with Gasteiger partial charge in [-0.2, -0.15) is 0 Å². The van der Waals surface area contributed by atoms with Gasteiger partial charge in [-0.3, -0.25) is 0 Å². The highest BCUT2D eigenvalue weighted by molar-refractivity contribution is 9.10. The molecule has 0 fully saturated rings. The first-order valence-corrected chi connectivity index (χ1v) is 8.06. The molecule has 2 amide bonds. The van der Waals surface area contributed by atoms with E-state index in [0.717, 1.165) is 10.9 Å². The summed E-state index contributed by atoms with van der Waals surface area (Å²) in [7, 11) is 1.54. The fraction of sp³-hybridized carbons (Fsp3) is 0.375. The maximum absolute atomic E-state index is 12.4. The molecule has 1 aliphatic heterocycles. The van der Waals surface area contributed by atoms with Gasteiger partial charge in [0, 0.05) is 15.7 Å². The zero-order valence-corrected chi connectivity index (χ0v) is 14.8. The van der Waals surface area contributed by atoms with Crippen molar-refractivity contribution < 1.29 is 19.1 Å². The van der Waals surface area contributed by atoms with Gasteiger partial charge in [0.1, 0.15) is 5.75 Å².